The van der Waals surface area contributed by atoms with Gasteiger partial charge in [-0.15, -0.1) is 6.42 Å². The molecule has 1 saturated carbocycles. The number of aromatic nitrogens is 1. The van der Waals surface area contributed by atoms with Crippen LogP contribution in [0.5, 0.6) is 0 Å². The van der Waals surface area contributed by atoms with Crippen LogP contribution in [0, 0.1) is 12.3 Å². The minimum atomic E-state index is -1.41. The molecule has 0 aromatic carbocycles. The zero-order valence-corrected chi connectivity index (χ0v) is 13.0. The predicted octanol–water partition coefficient (Wildman–Crippen LogP) is 0.0230. The van der Waals surface area contributed by atoms with Gasteiger partial charge in [-0.25, -0.2) is 4.79 Å². The van der Waals surface area contributed by atoms with Crippen molar-refractivity contribution in [3.05, 3.63) is 22.4 Å². The van der Waals surface area contributed by atoms with Gasteiger partial charge in [0.05, 0.1) is 23.2 Å². The lowest BCUT2D eigenvalue weighted by atomic mass is 10.1. The number of fused-ring (bicyclic) bond motifs is 5. The Balaban J connectivity index is 1.79. The molecule has 3 aliphatic rings. The van der Waals surface area contributed by atoms with Crippen LogP contribution >= 0.6 is 15.9 Å². The van der Waals surface area contributed by atoms with Gasteiger partial charge in [-0.1, -0.05) is 5.92 Å². The van der Waals surface area contributed by atoms with E-state index in [1.54, 1.807) is 12.1 Å². The standard InChI is InChI=1S/C14H13BrN4O3/c1-2-5-18-13(21)17-11-10-8(6-14(11,18)22)19-7(12(20)16-10)3-4-9(19)15/h1,3-4,8,10-11,22H,5-6H2,(H,16,20)(H,17,21)/t8-,10-,11+,14+/m1/s1. The summed E-state index contributed by atoms with van der Waals surface area (Å²) in [4.78, 5) is 25.5. The van der Waals surface area contributed by atoms with Crippen molar-refractivity contribution >= 4 is 27.9 Å². The third-order valence-corrected chi connectivity index (χ3v) is 5.40. The molecule has 2 fully saturated rings. The van der Waals surface area contributed by atoms with Gasteiger partial charge in [0.1, 0.15) is 11.7 Å². The summed E-state index contributed by atoms with van der Waals surface area (Å²) in [5.41, 5.74) is -0.872. The molecule has 1 aromatic rings. The highest BCUT2D eigenvalue weighted by molar-refractivity contribution is 9.10. The van der Waals surface area contributed by atoms with E-state index in [9.17, 15) is 14.7 Å². The van der Waals surface area contributed by atoms with Gasteiger partial charge < -0.3 is 20.3 Å². The number of nitrogens with one attached hydrogen (secondary N) is 2. The zero-order valence-electron chi connectivity index (χ0n) is 11.4. The Morgan fingerprint density at radius 1 is 1.45 bits per heavy atom. The molecule has 0 bridgehead atoms. The van der Waals surface area contributed by atoms with Gasteiger partial charge in [0.15, 0.2) is 5.72 Å². The summed E-state index contributed by atoms with van der Waals surface area (Å²) in [6.07, 6.45) is 5.59. The Morgan fingerprint density at radius 2 is 2.23 bits per heavy atom. The molecule has 3 heterocycles. The summed E-state index contributed by atoms with van der Waals surface area (Å²) in [7, 11) is 0. The first-order valence-corrected chi connectivity index (χ1v) is 7.68. The number of hydrogen-bond donors (Lipinski definition) is 3. The van der Waals surface area contributed by atoms with E-state index >= 15 is 0 Å². The Kier molecular flexibility index (Phi) is 2.65. The van der Waals surface area contributed by atoms with Crippen molar-refractivity contribution in [1.29, 1.82) is 0 Å². The molecule has 3 amide bonds. The number of aliphatic hydroxyl groups is 1. The fourth-order valence-electron chi connectivity index (χ4n) is 3.84. The van der Waals surface area contributed by atoms with Crippen LogP contribution in [-0.2, 0) is 0 Å². The highest BCUT2D eigenvalue weighted by Gasteiger charge is 2.64. The van der Waals surface area contributed by atoms with E-state index in [2.05, 4.69) is 32.5 Å². The van der Waals surface area contributed by atoms with Crippen LogP contribution in [0.3, 0.4) is 0 Å². The average Bonchev–Trinajstić information content (AvgIpc) is 3.05. The maximum Gasteiger partial charge on any atom is 0.320 e. The van der Waals surface area contributed by atoms with E-state index in [4.69, 9.17) is 6.42 Å². The minimum Gasteiger partial charge on any atom is -0.368 e. The van der Waals surface area contributed by atoms with Gasteiger partial charge in [-0.2, -0.15) is 0 Å². The molecular weight excluding hydrogens is 352 g/mol. The lowest BCUT2D eigenvalue weighted by Gasteiger charge is -2.32. The van der Waals surface area contributed by atoms with Gasteiger partial charge in [-0.3, -0.25) is 9.69 Å². The Morgan fingerprint density at radius 3 is 2.95 bits per heavy atom. The van der Waals surface area contributed by atoms with E-state index < -0.39 is 17.8 Å². The average molecular weight is 365 g/mol. The largest absolute Gasteiger partial charge is 0.368 e. The number of terminal acetylenes is 1. The molecule has 1 aliphatic carbocycles. The topological polar surface area (TPSA) is 86.6 Å². The van der Waals surface area contributed by atoms with E-state index in [-0.39, 0.29) is 24.5 Å². The van der Waals surface area contributed by atoms with Crippen LogP contribution < -0.4 is 10.6 Å². The lowest BCUT2D eigenvalue weighted by Crippen LogP contribution is -2.56. The Hall–Kier alpha value is -1.98. The van der Waals surface area contributed by atoms with Gasteiger partial charge in [0, 0.05) is 6.42 Å². The first kappa shape index (κ1) is 13.7. The maximum absolute atomic E-state index is 12.2. The van der Waals surface area contributed by atoms with E-state index in [0.717, 1.165) is 4.60 Å². The lowest BCUT2D eigenvalue weighted by molar-refractivity contribution is -0.0620. The van der Waals surface area contributed by atoms with E-state index in [0.29, 0.717) is 12.1 Å². The fourth-order valence-corrected chi connectivity index (χ4v) is 4.43. The van der Waals surface area contributed by atoms with Crippen LogP contribution in [0.4, 0.5) is 4.79 Å². The quantitative estimate of drug-likeness (QED) is 0.614. The van der Waals surface area contributed by atoms with Crippen molar-refractivity contribution in [2.24, 2.45) is 0 Å². The Bertz CT molecular complexity index is 739. The number of carbonyl (C=O) groups is 2. The van der Waals surface area contributed by atoms with E-state index in [1.807, 2.05) is 4.57 Å². The molecule has 7 nitrogen and oxygen atoms in total. The first-order valence-electron chi connectivity index (χ1n) is 6.89. The molecule has 22 heavy (non-hydrogen) atoms. The molecule has 114 valence electrons. The number of rotatable bonds is 1. The number of carbonyl (C=O) groups excluding carboxylic acids is 2. The molecule has 1 saturated heterocycles. The van der Waals surface area contributed by atoms with Crippen LogP contribution in [0.25, 0.3) is 0 Å². The van der Waals surface area contributed by atoms with Crippen molar-refractivity contribution in [2.75, 3.05) is 6.54 Å². The van der Waals surface area contributed by atoms with Crippen LogP contribution in [0.15, 0.2) is 16.7 Å². The minimum absolute atomic E-state index is 0.0198. The summed E-state index contributed by atoms with van der Waals surface area (Å²) in [5, 5.41) is 16.7. The molecule has 0 radical (unpaired) electrons. The van der Waals surface area contributed by atoms with Gasteiger partial charge in [0.25, 0.3) is 5.91 Å². The molecule has 8 heteroatoms. The summed E-state index contributed by atoms with van der Waals surface area (Å²) < 4.78 is 2.63. The van der Waals surface area contributed by atoms with Gasteiger partial charge in [0.2, 0.25) is 0 Å². The fraction of sp³-hybridized carbons (Fsp3) is 0.429. The van der Waals surface area contributed by atoms with Crippen LogP contribution in [0.2, 0.25) is 0 Å². The summed E-state index contributed by atoms with van der Waals surface area (Å²) in [5.74, 6) is 2.17. The molecule has 4 atom stereocenters. The molecular formula is C14H13BrN4O3. The number of amides is 3. The van der Waals surface area contributed by atoms with Gasteiger partial charge in [-0.05, 0) is 28.1 Å². The zero-order chi connectivity index (χ0) is 15.6. The summed E-state index contributed by atoms with van der Waals surface area (Å²) in [6.45, 7) is 0.0198. The maximum atomic E-state index is 12.2. The Labute approximate surface area is 134 Å². The van der Waals surface area contributed by atoms with E-state index in [1.165, 1.54) is 4.90 Å². The highest BCUT2D eigenvalue weighted by Crippen LogP contribution is 2.46. The van der Waals surface area contributed by atoms with Crippen LogP contribution in [0.1, 0.15) is 23.0 Å². The van der Waals surface area contributed by atoms with Crippen molar-refractivity contribution in [2.45, 2.75) is 30.3 Å². The summed E-state index contributed by atoms with van der Waals surface area (Å²) in [6, 6.07) is 1.98. The van der Waals surface area contributed by atoms with Crippen molar-refractivity contribution in [3.63, 3.8) is 0 Å². The van der Waals surface area contributed by atoms with Crippen molar-refractivity contribution in [1.82, 2.24) is 20.1 Å². The number of nitrogens with zero attached hydrogens (tertiary/aromatic N) is 2. The molecule has 0 spiro atoms. The predicted molar refractivity (Wildman–Crippen MR) is 79.8 cm³/mol. The molecule has 3 N–H and O–H groups in total. The third kappa shape index (κ3) is 1.50. The second-order valence-corrected chi connectivity index (χ2v) is 6.59. The number of urea groups is 1. The second-order valence-electron chi connectivity index (χ2n) is 5.78. The van der Waals surface area contributed by atoms with Gasteiger partial charge >= 0.3 is 6.03 Å². The smallest absolute Gasteiger partial charge is 0.320 e. The monoisotopic (exact) mass is 364 g/mol. The van der Waals surface area contributed by atoms with Crippen LogP contribution in [-0.4, -0.2) is 50.9 Å². The molecule has 2 aliphatic heterocycles. The number of hydrogen-bond acceptors (Lipinski definition) is 3. The number of halogens is 1. The van der Waals surface area contributed by atoms with Crippen molar-refractivity contribution in [3.8, 4) is 12.3 Å². The molecule has 1 aromatic heterocycles. The third-order valence-electron chi connectivity index (χ3n) is 4.75. The van der Waals surface area contributed by atoms with Crippen molar-refractivity contribution < 1.29 is 14.7 Å². The second kappa shape index (κ2) is 4.27. The normalized spacial score (nSPS) is 35.3. The molecule has 4 rings (SSSR count). The summed E-state index contributed by atoms with van der Waals surface area (Å²) >= 11 is 3.44. The molecule has 0 unspecified atom stereocenters. The first-order chi connectivity index (χ1) is 10.5. The highest BCUT2D eigenvalue weighted by atomic mass is 79.9. The SMILES string of the molecule is C#CCN1C(=O)N[C@H]2[C@@H]3NC(=O)c4ccc(Br)n4[C@@H]3C[C@]21O.